The maximum absolute atomic E-state index is 10.4. The molecule has 0 amide bonds. The molecule has 0 spiro atoms. The molecule has 4 heteroatoms. The topological polar surface area (TPSA) is 29.4 Å². The van der Waals surface area contributed by atoms with Crippen LogP contribution >= 0.6 is 23.2 Å². The van der Waals surface area contributed by atoms with Crippen LogP contribution in [0.4, 0.5) is 0 Å². The number of benzene rings is 1. The van der Waals surface area contributed by atoms with Gasteiger partial charge in [0.15, 0.2) is 0 Å². The van der Waals surface area contributed by atoms with Crippen LogP contribution in [0.3, 0.4) is 0 Å². The second-order valence-electron chi connectivity index (χ2n) is 2.69. The van der Waals surface area contributed by atoms with E-state index >= 15 is 0 Å². The number of carbonyl (C=O) groups is 1. The van der Waals surface area contributed by atoms with Gasteiger partial charge in [0.05, 0.1) is 0 Å². The van der Waals surface area contributed by atoms with Crippen LogP contribution in [0.5, 0.6) is 0 Å². The van der Waals surface area contributed by atoms with Gasteiger partial charge >= 0.3 is 0 Å². The van der Waals surface area contributed by atoms with E-state index in [2.05, 4.69) is 4.99 Å². The minimum Gasteiger partial charge on any atom is -0.292 e. The minimum absolute atomic E-state index is 0.269. The third-order valence-corrected chi connectivity index (χ3v) is 1.99. The van der Waals surface area contributed by atoms with Crippen molar-refractivity contribution in [1.29, 1.82) is 0 Å². The first-order chi connectivity index (χ1) is 6.68. The fourth-order valence-corrected chi connectivity index (χ4v) is 1.08. The molecule has 0 saturated heterocycles. The number of halogens is 2. The molecule has 0 aliphatic heterocycles. The molecule has 0 unspecified atom stereocenters. The molecule has 0 aromatic heterocycles. The third-order valence-electron chi connectivity index (χ3n) is 1.55. The highest BCUT2D eigenvalue weighted by molar-refractivity contribution is 6.63. The highest BCUT2D eigenvalue weighted by atomic mass is 35.5. The second-order valence-corrected chi connectivity index (χ2v) is 3.55. The normalized spacial score (nSPS) is 10.7. The van der Waals surface area contributed by atoms with Crippen molar-refractivity contribution in [3.63, 3.8) is 0 Å². The summed E-state index contributed by atoms with van der Waals surface area (Å²) in [7, 11) is 0. The van der Waals surface area contributed by atoms with Crippen molar-refractivity contribution < 1.29 is 4.79 Å². The van der Waals surface area contributed by atoms with Gasteiger partial charge in [-0.05, 0) is 29.3 Å². The Balaban J connectivity index is 2.44. The molecule has 0 radical (unpaired) electrons. The lowest BCUT2D eigenvalue weighted by atomic mass is 10.2. The van der Waals surface area contributed by atoms with Crippen molar-refractivity contribution in [3.05, 3.63) is 34.9 Å². The standard InChI is InChI=1S/C10H9Cl2NO/c11-9-3-1-8(2-4-9)7-13-6-5-10(12)14/h1-4,7H,5-6H2. The van der Waals surface area contributed by atoms with Gasteiger partial charge in [-0.1, -0.05) is 23.7 Å². The molecule has 0 fully saturated rings. The summed E-state index contributed by atoms with van der Waals surface area (Å²) in [6.45, 7) is 0.422. The first kappa shape index (κ1) is 11.2. The molecule has 0 saturated carbocycles. The summed E-state index contributed by atoms with van der Waals surface area (Å²) in [5.74, 6) is 0. The van der Waals surface area contributed by atoms with Gasteiger partial charge in [-0.3, -0.25) is 9.79 Å². The Bertz CT molecular complexity index is 332. The van der Waals surface area contributed by atoms with Crippen LogP contribution in [0.1, 0.15) is 12.0 Å². The Labute approximate surface area is 92.6 Å². The Hall–Kier alpha value is -0.860. The van der Waals surface area contributed by atoms with E-state index in [0.717, 1.165) is 5.56 Å². The van der Waals surface area contributed by atoms with E-state index in [-0.39, 0.29) is 11.7 Å². The average Bonchev–Trinajstić information content (AvgIpc) is 2.15. The number of aliphatic imine (C=N–C) groups is 1. The predicted octanol–water partition coefficient (Wildman–Crippen LogP) is 2.91. The lowest BCUT2D eigenvalue weighted by molar-refractivity contribution is -0.111. The molecular weight excluding hydrogens is 221 g/mol. The van der Waals surface area contributed by atoms with E-state index in [4.69, 9.17) is 23.2 Å². The number of carbonyl (C=O) groups excluding carboxylic acids is 1. The minimum atomic E-state index is -0.363. The van der Waals surface area contributed by atoms with E-state index < -0.39 is 0 Å². The molecule has 0 heterocycles. The van der Waals surface area contributed by atoms with Crippen LogP contribution in [-0.4, -0.2) is 18.0 Å². The van der Waals surface area contributed by atoms with Crippen LogP contribution in [0.2, 0.25) is 5.02 Å². The molecule has 1 aromatic carbocycles. The summed E-state index contributed by atoms with van der Waals surface area (Å²) in [5.41, 5.74) is 0.955. The Kier molecular flexibility index (Phi) is 4.63. The summed E-state index contributed by atoms with van der Waals surface area (Å²) in [5, 5.41) is 0.330. The fourth-order valence-electron chi connectivity index (χ4n) is 0.871. The molecule has 0 aliphatic carbocycles. The maximum atomic E-state index is 10.4. The molecule has 0 N–H and O–H groups in total. The molecular formula is C10H9Cl2NO. The van der Waals surface area contributed by atoms with Crippen molar-refractivity contribution in [1.82, 2.24) is 0 Å². The summed E-state index contributed by atoms with van der Waals surface area (Å²) in [6.07, 6.45) is 1.96. The molecule has 74 valence electrons. The lowest BCUT2D eigenvalue weighted by Crippen LogP contribution is -1.90. The molecule has 0 bridgehead atoms. The third kappa shape index (κ3) is 4.40. The molecule has 0 aliphatic rings. The van der Waals surface area contributed by atoms with Gasteiger partial charge in [0.1, 0.15) is 0 Å². The van der Waals surface area contributed by atoms with Crippen LogP contribution < -0.4 is 0 Å². The second kappa shape index (κ2) is 5.78. The van der Waals surface area contributed by atoms with Crippen LogP contribution in [0, 0.1) is 0 Å². The average molecular weight is 230 g/mol. The van der Waals surface area contributed by atoms with Crippen molar-refractivity contribution in [2.75, 3.05) is 6.54 Å². The monoisotopic (exact) mass is 229 g/mol. The number of hydrogen-bond donors (Lipinski definition) is 0. The van der Waals surface area contributed by atoms with Gasteiger partial charge in [-0.25, -0.2) is 0 Å². The molecule has 1 rings (SSSR count). The van der Waals surface area contributed by atoms with Gasteiger partial charge in [-0.15, -0.1) is 0 Å². The zero-order chi connectivity index (χ0) is 10.4. The van der Waals surface area contributed by atoms with E-state index in [0.29, 0.717) is 11.6 Å². The van der Waals surface area contributed by atoms with Gasteiger partial charge in [0.2, 0.25) is 5.24 Å². The van der Waals surface area contributed by atoms with Crippen molar-refractivity contribution in [2.24, 2.45) is 4.99 Å². The van der Waals surface area contributed by atoms with E-state index in [1.165, 1.54) is 0 Å². The quantitative estimate of drug-likeness (QED) is 0.577. The SMILES string of the molecule is O=C(Cl)CCN=Cc1ccc(Cl)cc1. The van der Waals surface area contributed by atoms with E-state index in [1.54, 1.807) is 18.3 Å². The van der Waals surface area contributed by atoms with Crippen LogP contribution in [-0.2, 0) is 4.79 Å². The van der Waals surface area contributed by atoms with Gasteiger partial charge in [-0.2, -0.15) is 0 Å². The number of hydrogen-bond acceptors (Lipinski definition) is 2. The summed E-state index contributed by atoms with van der Waals surface area (Å²) in [6, 6.07) is 7.29. The van der Waals surface area contributed by atoms with Gasteiger partial charge < -0.3 is 0 Å². The number of rotatable bonds is 4. The first-order valence-electron chi connectivity index (χ1n) is 4.12. The Morgan fingerprint density at radius 2 is 2.00 bits per heavy atom. The summed E-state index contributed by atoms with van der Waals surface area (Å²) in [4.78, 5) is 14.4. The van der Waals surface area contributed by atoms with Gasteiger partial charge in [0, 0.05) is 24.2 Å². The Morgan fingerprint density at radius 1 is 1.36 bits per heavy atom. The summed E-state index contributed by atoms with van der Waals surface area (Å²) >= 11 is 10.9. The zero-order valence-electron chi connectivity index (χ0n) is 7.41. The molecule has 0 atom stereocenters. The largest absolute Gasteiger partial charge is 0.292 e. The molecule has 14 heavy (non-hydrogen) atoms. The van der Waals surface area contributed by atoms with E-state index in [1.807, 2.05) is 12.1 Å². The van der Waals surface area contributed by atoms with E-state index in [9.17, 15) is 4.79 Å². The van der Waals surface area contributed by atoms with Crippen molar-refractivity contribution in [2.45, 2.75) is 6.42 Å². The highest BCUT2D eigenvalue weighted by Crippen LogP contribution is 2.07. The van der Waals surface area contributed by atoms with Crippen molar-refractivity contribution >= 4 is 34.7 Å². The van der Waals surface area contributed by atoms with Crippen molar-refractivity contribution in [3.8, 4) is 0 Å². The maximum Gasteiger partial charge on any atom is 0.223 e. The number of nitrogens with zero attached hydrogens (tertiary/aromatic N) is 1. The van der Waals surface area contributed by atoms with Crippen LogP contribution in [0.15, 0.2) is 29.3 Å². The highest BCUT2D eigenvalue weighted by Gasteiger charge is 1.92. The summed E-state index contributed by atoms with van der Waals surface area (Å²) < 4.78 is 0. The molecule has 1 aromatic rings. The first-order valence-corrected chi connectivity index (χ1v) is 4.88. The zero-order valence-corrected chi connectivity index (χ0v) is 8.92. The Morgan fingerprint density at radius 3 is 2.57 bits per heavy atom. The van der Waals surface area contributed by atoms with Gasteiger partial charge in [0.25, 0.3) is 0 Å². The predicted molar refractivity (Wildman–Crippen MR) is 59.4 cm³/mol. The molecule has 2 nitrogen and oxygen atoms in total. The van der Waals surface area contributed by atoms with Crippen LogP contribution in [0.25, 0.3) is 0 Å². The fraction of sp³-hybridized carbons (Fsp3) is 0.200. The smallest absolute Gasteiger partial charge is 0.223 e. The lowest BCUT2D eigenvalue weighted by Gasteiger charge is -1.92.